The fourth-order valence-corrected chi connectivity index (χ4v) is 3.05. The molecule has 2 aromatic heterocycles. The van der Waals surface area contributed by atoms with Gasteiger partial charge in [-0.25, -0.2) is 9.97 Å². The molecule has 8 heteroatoms. The van der Waals surface area contributed by atoms with E-state index in [4.69, 9.17) is 11.6 Å². The Hall–Kier alpha value is -2.38. The number of nitrogens with zero attached hydrogens (tertiary/aromatic N) is 2. The number of hydrogen-bond acceptors (Lipinski definition) is 5. The third-order valence-corrected chi connectivity index (χ3v) is 4.51. The number of ketones is 1. The molecule has 1 aromatic carbocycles. The molecule has 2 N–H and O–H groups in total. The Balaban J connectivity index is 1.62. The molecule has 25 heavy (non-hydrogen) atoms. The van der Waals surface area contributed by atoms with Gasteiger partial charge in [-0.15, -0.1) is 0 Å². The minimum atomic E-state index is -0.0618. The summed E-state index contributed by atoms with van der Waals surface area (Å²) in [6.45, 7) is 1.78. The second kappa shape index (κ2) is 7.67. The molecule has 0 atom stereocenters. The van der Waals surface area contributed by atoms with E-state index in [0.29, 0.717) is 33.5 Å². The summed E-state index contributed by atoms with van der Waals surface area (Å²) in [6, 6.07) is 8.59. The van der Waals surface area contributed by atoms with Gasteiger partial charge in [0.2, 0.25) is 5.91 Å². The number of imidazole rings is 1. The van der Waals surface area contributed by atoms with E-state index in [0.717, 1.165) is 5.52 Å². The Morgan fingerprint density at radius 1 is 1.28 bits per heavy atom. The summed E-state index contributed by atoms with van der Waals surface area (Å²) < 4.78 is 0. The molecule has 0 unspecified atom stereocenters. The van der Waals surface area contributed by atoms with E-state index in [2.05, 4.69) is 20.3 Å². The number of fused-ring (bicyclic) bond motifs is 1. The van der Waals surface area contributed by atoms with Crippen LogP contribution in [0.25, 0.3) is 11.2 Å². The smallest absolute Gasteiger partial charge is 0.224 e. The van der Waals surface area contributed by atoms with Gasteiger partial charge in [0.15, 0.2) is 16.6 Å². The number of halogens is 1. The van der Waals surface area contributed by atoms with Crippen LogP contribution in [-0.2, 0) is 4.79 Å². The number of aromatic amines is 1. The third kappa shape index (κ3) is 4.37. The summed E-state index contributed by atoms with van der Waals surface area (Å²) >= 11 is 7.20. The van der Waals surface area contributed by atoms with Crippen molar-refractivity contribution in [1.82, 2.24) is 15.0 Å². The maximum Gasteiger partial charge on any atom is 0.224 e. The van der Waals surface area contributed by atoms with Gasteiger partial charge in [0.05, 0.1) is 16.3 Å². The van der Waals surface area contributed by atoms with E-state index >= 15 is 0 Å². The molecule has 3 rings (SSSR count). The first-order chi connectivity index (χ1) is 12.0. The van der Waals surface area contributed by atoms with Crippen molar-refractivity contribution in [3.63, 3.8) is 0 Å². The number of Topliss-reactive ketones (excluding diaryl/α,β-unsaturated/α-hetero) is 1. The molecule has 1 amide bonds. The number of anilines is 1. The van der Waals surface area contributed by atoms with Crippen LogP contribution in [0.2, 0.25) is 5.02 Å². The number of rotatable bonds is 6. The van der Waals surface area contributed by atoms with Crippen molar-refractivity contribution in [2.75, 3.05) is 11.1 Å². The molecular formula is C17H15ClN4O2S. The second-order valence-electron chi connectivity index (χ2n) is 5.26. The predicted octanol–water partition coefficient (Wildman–Crippen LogP) is 3.93. The number of pyridine rings is 1. The van der Waals surface area contributed by atoms with E-state index in [1.807, 2.05) is 0 Å². The number of carbonyl (C=O) groups excluding carboxylic acids is 2. The normalized spacial score (nSPS) is 10.8. The van der Waals surface area contributed by atoms with Crippen LogP contribution >= 0.6 is 23.4 Å². The maximum atomic E-state index is 12.3. The monoisotopic (exact) mass is 374 g/mol. The molecule has 0 aliphatic rings. The highest BCUT2D eigenvalue weighted by molar-refractivity contribution is 7.99. The second-order valence-corrected chi connectivity index (χ2v) is 6.66. The van der Waals surface area contributed by atoms with Gasteiger partial charge in [-0.1, -0.05) is 30.3 Å². The van der Waals surface area contributed by atoms with Crippen molar-refractivity contribution in [1.29, 1.82) is 0 Å². The molecule has 6 nitrogen and oxygen atoms in total. The van der Waals surface area contributed by atoms with E-state index in [1.165, 1.54) is 18.0 Å². The molecule has 2 heterocycles. The Morgan fingerprint density at radius 2 is 2.04 bits per heavy atom. The first-order valence-electron chi connectivity index (χ1n) is 7.62. The van der Waals surface area contributed by atoms with Gasteiger partial charge in [0, 0.05) is 23.9 Å². The highest BCUT2D eigenvalue weighted by Crippen LogP contribution is 2.21. The van der Waals surface area contributed by atoms with Crippen LogP contribution in [0.5, 0.6) is 0 Å². The summed E-state index contributed by atoms with van der Waals surface area (Å²) in [5.41, 5.74) is 2.56. The quantitative estimate of drug-likeness (QED) is 0.504. The fraction of sp³-hybridized carbons (Fsp3) is 0.176. The lowest BCUT2D eigenvalue weighted by Gasteiger charge is -2.04. The number of nitrogens with one attached hydrogen (secondary N) is 2. The van der Waals surface area contributed by atoms with E-state index in [1.54, 1.807) is 37.3 Å². The molecule has 0 saturated heterocycles. The molecule has 0 bridgehead atoms. The maximum absolute atomic E-state index is 12.3. The van der Waals surface area contributed by atoms with Crippen LogP contribution in [0.4, 0.5) is 5.69 Å². The number of carbonyl (C=O) groups is 2. The Bertz CT molecular complexity index is 924. The van der Waals surface area contributed by atoms with Crippen LogP contribution in [-0.4, -0.2) is 32.4 Å². The van der Waals surface area contributed by atoms with Gasteiger partial charge in [0.25, 0.3) is 0 Å². The first kappa shape index (κ1) is 17.4. The number of amides is 1. The molecule has 3 aromatic rings. The summed E-state index contributed by atoms with van der Waals surface area (Å²) in [6.07, 6.45) is 1.94. The van der Waals surface area contributed by atoms with E-state index in [9.17, 15) is 9.59 Å². The fourth-order valence-electron chi connectivity index (χ4n) is 2.13. The van der Waals surface area contributed by atoms with Crippen LogP contribution in [0.1, 0.15) is 23.7 Å². The average molecular weight is 375 g/mol. The average Bonchev–Trinajstić information content (AvgIpc) is 3.02. The summed E-state index contributed by atoms with van der Waals surface area (Å²) in [5.74, 6) is 0.159. The number of thioether (sulfide) groups is 1. The molecule has 0 fully saturated rings. The minimum Gasteiger partial charge on any atom is -0.331 e. The summed E-state index contributed by atoms with van der Waals surface area (Å²) in [4.78, 5) is 35.2. The van der Waals surface area contributed by atoms with Crippen molar-refractivity contribution < 1.29 is 9.59 Å². The van der Waals surface area contributed by atoms with Crippen LogP contribution in [0.3, 0.4) is 0 Å². The van der Waals surface area contributed by atoms with Crippen molar-refractivity contribution in [3.8, 4) is 0 Å². The van der Waals surface area contributed by atoms with E-state index in [-0.39, 0.29) is 17.4 Å². The van der Waals surface area contributed by atoms with Gasteiger partial charge in [-0.05, 0) is 30.3 Å². The highest BCUT2D eigenvalue weighted by Gasteiger charge is 2.10. The zero-order valence-corrected chi connectivity index (χ0v) is 14.9. The molecule has 0 spiro atoms. The Labute approximate surface area is 153 Å². The lowest BCUT2D eigenvalue weighted by Crippen LogP contribution is -2.09. The summed E-state index contributed by atoms with van der Waals surface area (Å²) in [5, 5.41) is 3.89. The molecule has 0 aliphatic carbocycles. The molecule has 0 saturated carbocycles. The van der Waals surface area contributed by atoms with Gasteiger partial charge >= 0.3 is 0 Å². The number of hydrogen-bond donors (Lipinski definition) is 2. The van der Waals surface area contributed by atoms with Gasteiger partial charge in [-0.3, -0.25) is 9.59 Å². The lowest BCUT2D eigenvalue weighted by atomic mass is 10.1. The largest absolute Gasteiger partial charge is 0.331 e. The highest BCUT2D eigenvalue weighted by atomic mass is 35.5. The lowest BCUT2D eigenvalue weighted by molar-refractivity contribution is -0.115. The van der Waals surface area contributed by atoms with Crippen LogP contribution in [0, 0.1) is 0 Å². The summed E-state index contributed by atoms with van der Waals surface area (Å²) in [7, 11) is 0. The number of benzene rings is 1. The third-order valence-electron chi connectivity index (χ3n) is 3.43. The SMILES string of the molecule is CCC(=O)Nc1ccc(C(=O)CSc2nc3ncc(Cl)cc3[nH]2)cc1. The number of H-pyrrole nitrogens is 1. The van der Waals surface area contributed by atoms with Crippen molar-refractivity contribution in [2.24, 2.45) is 0 Å². The number of aromatic nitrogens is 3. The zero-order valence-electron chi connectivity index (χ0n) is 13.4. The van der Waals surface area contributed by atoms with Gasteiger partial charge in [0.1, 0.15) is 0 Å². The standard InChI is InChI=1S/C17H15ClN4O2S/c1-2-15(24)20-12-5-3-10(4-6-12)14(23)9-25-17-21-13-7-11(18)8-19-16(13)22-17/h3-8H,2,9H2,1H3,(H,20,24)(H,19,21,22). The Kier molecular flexibility index (Phi) is 5.35. The van der Waals surface area contributed by atoms with Gasteiger partial charge < -0.3 is 10.3 Å². The zero-order chi connectivity index (χ0) is 17.8. The minimum absolute atomic E-state index is 0.0233. The van der Waals surface area contributed by atoms with E-state index < -0.39 is 0 Å². The topological polar surface area (TPSA) is 87.7 Å². The first-order valence-corrected chi connectivity index (χ1v) is 8.98. The van der Waals surface area contributed by atoms with Crippen LogP contribution < -0.4 is 5.32 Å². The van der Waals surface area contributed by atoms with Gasteiger partial charge in [-0.2, -0.15) is 0 Å². The molecular weight excluding hydrogens is 360 g/mol. The van der Waals surface area contributed by atoms with Crippen molar-refractivity contribution >= 4 is 51.9 Å². The van der Waals surface area contributed by atoms with Crippen LogP contribution in [0.15, 0.2) is 41.7 Å². The molecule has 0 aliphatic heterocycles. The molecule has 128 valence electrons. The van der Waals surface area contributed by atoms with Crippen molar-refractivity contribution in [2.45, 2.75) is 18.5 Å². The molecule has 0 radical (unpaired) electrons. The predicted molar refractivity (Wildman–Crippen MR) is 99.3 cm³/mol. The van der Waals surface area contributed by atoms with Crippen molar-refractivity contribution in [3.05, 3.63) is 47.1 Å². The Morgan fingerprint density at radius 3 is 2.76 bits per heavy atom.